The summed E-state index contributed by atoms with van der Waals surface area (Å²) >= 11 is 0. The summed E-state index contributed by atoms with van der Waals surface area (Å²) in [4.78, 5) is 0. The molecule has 0 bridgehead atoms. The Morgan fingerprint density at radius 3 is 2.79 bits per heavy atom. The summed E-state index contributed by atoms with van der Waals surface area (Å²) in [5.74, 6) is 0. The molecule has 1 aliphatic rings. The first-order valence-electron chi connectivity index (χ1n) is 6.67. The Morgan fingerprint density at radius 1 is 1.16 bits per heavy atom. The van der Waals surface area contributed by atoms with Crippen LogP contribution in [0.25, 0.3) is 0 Å². The van der Waals surface area contributed by atoms with Crippen LogP contribution in [0.4, 0.5) is 5.69 Å². The van der Waals surface area contributed by atoms with Crippen LogP contribution in [0, 0.1) is 11.3 Å². The third kappa shape index (κ3) is 2.46. The van der Waals surface area contributed by atoms with Crippen LogP contribution in [0.15, 0.2) is 48.5 Å². The summed E-state index contributed by atoms with van der Waals surface area (Å²) in [6.45, 7) is 0. The van der Waals surface area contributed by atoms with Gasteiger partial charge in [-0.2, -0.15) is 5.26 Å². The van der Waals surface area contributed by atoms with Crippen LogP contribution in [0.2, 0.25) is 0 Å². The summed E-state index contributed by atoms with van der Waals surface area (Å²) in [5.41, 5.74) is 5.00. The fourth-order valence-electron chi connectivity index (χ4n) is 2.69. The maximum atomic E-state index is 8.75. The van der Waals surface area contributed by atoms with Crippen LogP contribution >= 0.6 is 0 Å². The molecule has 0 amide bonds. The van der Waals surface area contributed by atoms with Gasteiger partial charge in [-0.05, 0) is 35.6 Å². The van der Waals surface area contributed by atoms with Gasteiger partial charge in [0.05, 0.1) is 18.5 Å². The minimum absolute atomic E-state index is 0.399. The van der Waals surface area contributed by atoms with E-state index in [0.29, 0.717) is 12.5 Å². The smallest absolute Gasteiger partial charge is 0.0669 e. The van der Waals surface area contributed by atoms with Crippen molar-refractivity contribution in [2.24, 2.45) is 0 Å². The summed E-state index contributed by atoms with van der Waals surface area (Å²) in [5, 5.41) is 12.3. The quantitative estimate of drug-likeness (QED) is 0.876. The zero-order valence-corrected chi connectivity index (χ0v) is 10.8. The third-order valence-electron chi connectivity index (χ3n) is 3.69. The molecule has 0 aliphatic carbocycles. The van der Waals surface area contributed by atoms with Crippen molar-refractivity contribution in [3.63, 3.8) is 0 Å². The van der Waals surface area contributed by atoms with E-state index < -0.39 is 0 Å². The molecule has 1 aliphatic heterocycles. The molecule has 0 aromatic heterocycles. The van der Waals surface area contributed by atoms with Crippen molar-refractivity contribution in [2.45, 2.75) is 25.3 Å². The standard InChI is InChI=1S/C17H16N2/c18-11-10-13-6-8-17-15(12-13)7-9-16(19-17)14-4-2-1-3-5-14/h1-6,8,12,16,19H,7,9-10H2. The molecule has 0 saturated heterocycles. The fourth-order valence-corrected chi connectivity index (χ4v) is 2.69. The van der Waals surface area contributed by atoms with Gasteiger partial charge >= 0.3 is 0 Å². The first-order chi connectivity index (χ1) is 9.36. The van der Waals surface area contributed by atoms with Crippen LogP contribution in [0.1, 0.15) is 29.2 Å². The van der Waals surface area contributed by atoms with Crippen LogP contribution in [0.5, 0.6) is 0 Å². The van der Waals surface area contributed by atoms with E-state index in [1.165, 1.54) is 16.8 Å². The largest absolute Gasteiger partial charge is 0.378 e. The normalized spacial score (nSPS) is 17.1. The van der Waals surface area contributed by atoms with Crippen molar-refractivity contribution in [1.82, 2.24) is 0 Å². The zero-order valence-electron chi connectivity index (χ0n) is 10.8. The molecule has 0 saturated carbocycles. The van der Waals surface area contributed by atoms with Crippen molar-refractivity contribution in [3.8, 4) is 6.07 Å². The number of hydrogen-bond acceptors (Lipinski definition) is 2. The van der Waals surface area contributed by atoms with E-state index in [0.717, 1.165) is 18.4 Å². The van der Waals surface area contributed by atoms with Gasteiger partial charge in [-0.25, -0.2) is 0 Å². The van der Waals surface area contributed by atoms with Gasteiger partial charge in [0.15, 0.2) is 0 Å². The van der Waals surface area contributed by atoms with Crippen molar-refractivity contribution in [2.75, 3.05) is 5.32 Å². The van der Waals surface area contributed by atoms with E-state index in [1.807, 2.05) is 6.07 Å². The van der Waals surface area contributed by atoms with Crippen molar-refractivity contribution >= 4 is 5.69 Å². The predicted octanol–water partition coefficient (Wildman–Crippen LogP) is 3.85. The van der Waals surface area contributed by atoms with Gasteiger partial charge in [0, 0.05) is 5.69 Å². The van der Waals surface area contributed by atoms with Gasteiger partial charge < -0.3 is 5.32 Å². The highest BCUT2D eigenvalue weighted by molar-refractivity contribution is 5.56. The highest BCUT2D eigenvalue weighted by atomic mass is 14.9. The molecule has 1 N–H and O–H groups in total. The molecule has 1 unspecified atom stereocenters. The molecule has 94 valence electrons. The minimum atomic E-state index is 0.399. The average molecular weight is 248 g/mol. The first-order valence-corrected chi connectivity index (χ1v) is 6.67. The summed E-state index contributed by atoms with van der Waals surface area (Å²) in [7, 11) is 0. The lowest BCUT2D eigenvalue weighted by atomic mass is 9.92. The number of hydrogen-bond donors (Lipinski definition) is 1. The van der Waals surface area contributed by atoms with E-state index in [1.54, 1.807) is 0 Å². The molecular weight excluding hydrogens is 232 g/mol. The van der Waals surface area contributed by atoms with Crippen LogP contribution in [0.3, 0.4) is 0 Å². The number of anilines is 1. The van der Waals surface area contributed by atoms with Gasteiger partial charge in [0.25, 0.3) is 0 Å². The topological polar surface area (TPSA) is 35.8 Å². The second kappa shape index (κ2) is 5.16. The lowest BCUT2D eigenvalue weighted by Crippen LogP contribution is -2.18. The number of nitriles is 1. The van der Waals surface area contributed by atoms with Crippen molar-refractivity contribution < 1.29 is 0 Å². The van der Waals surface area contributed by atoms with E-state index in [9.17, 15) is 0 Å². The summed E-state index contributed by atoms with van der Waals surface area (Å²) in [6.07, 6.45) is 2.67. The summed E-state index contributed by atoms with van der Waals surface area (Å²) in [6, 6.07) is 19.5. The average Bonchev–Trinajstić information content (AvgIpc) is 2.48. The number of aryl methyl sites for hydroxylation is 1. The Hall–Kier alpha value is -2.27. The molecule has 2 heteroatoms. The molecule has 2 nitrogen and oxygen atoms in total. The second-order valence-electron chi connectivity index (χ2n) is 4.97. The number of fused-ring (bicyclic) bond motifs is 1. The minimum Gasteiger partial charge on any atom is -0.378 e. The molecule has 0 fully saturated rings. The van der Waals surface area contributed by atoms with E-state index >= 15 is 0 Å². The molecular formula is C17H16N2. The first kappa shape index (κ1) is 11.8. The number of benzene rings is 2. The van der Waals surface area contributed by atoms with E-state index in [2.05, 4.69) is 53.9 Å². The highest BCUT2D eigenvalue weighted by Gasteiger charge is 2.18. The Kier molecular flexibility index (Phi) is 3.20. The Bertz CT molecular complexity index is 611. The Morgan fingerprint density at radius 2 is 2.00 bits per heavy atom. The molecule has 0 radical (unpaired) electrons. The lowest BCUT2D eigenvalue weighted by molar-refractivity contribution is 0.667. The maximum Gasteiger partial charge on any atom is 0.0669 e. The van der Waals surface area contributed by atoms with Crippen LogP contribution in [-0.4, -0.2) is 0 Å². The fraction of sp³-hybridized carbons (Fsp3) is 0.235. The molecule has 1 heterocycles. The molecule has 1 atom stereocenters. The van der Waals surface area contributed by atoms with Crippen LogP contribution < -0.4 is 5.32 Å². The third-order valence-corrected chi connectivity index (χ3v) is 3.69. The molecule has 2 aromatic rings. The number of rotatable bonds is 2. The highest BCUT2D eigenvalue weighted by Crippen LogP contribution is 2.32. The SMILES string of the molecule is N#CCc1ccc2c(c1)CCC(c1ccccc1)N2. The van der Waals surface area contributed by atoms with Crippen molar-refractivity contribution in [1.29, 1.82) is 5.26 Å². The zero-order chi connectivity index (χ0) is 13.1. The van der Waals surface area contributed by atoms with Gasteiger partial charge in [0.2, 0.25) is 0 Å². The predicted molar refractivity (Wildman–Crippen MR) is 76.9 cm³/mol. The molecule has 19 heavy (non-hydrogen) atoms. The van der Waals surface area contributed by atoms with Gasteiger partial charge in [-0.1, -0.05) is 42.5 Å². The van der Waals surface area contributed by atoms with Crippen LogP contribution in [-0.2, 0) is 12.8 Å². The molecule has 0 spiro atoms. The maximum absolute atomic E-state index is 8.75. The van der Waals surface area contributed by atoms with Gasteiger partial charge in [0.1, 0.15) is 0 Å². The Balaban J connectivity index is 1.83. The molecule has 3 rings (SSSR count). The van der Waals surface area contributed by atoms with Gasteiger partial charge in [-0.15, -0.1) is 0 Å². The van der Waals surface area contributed by atoms with E-state index in [4.69, 9.17) is 5.26 Å². The molecule has 2 aromatic carbocycles. The monoisotopic (exact) mass is 248 g/mol. The van der Waals surface area contributed by atoms with E-state index in [-0.39, 0.29) is 0 Å². The number of nitrogens with zero attached hydrogens (tertiary/aromatic N) is 1. The lowest BCUT2D eigenvalue weighted by Gasteiger charge is -2.27. The second-order valence-corrected chi connectivity index (χ2v) is 4.97. The number of nitrogens with one attached hydrogen (secondary N) is 1. The summed E-state index contributed by atoms with van der Waals surface area (Å²) < 4.78 is 0. The van der Waals surface area contributed by atoms with Gasteiger partial charge in [-0.3, -0.25) is 0 Å². The Labute approximate surface area is 113 Å². The van der Waals surface area contributed by atoms with Crippen molar-refractivity contribution in [3.05, 3.63) is 65.2 Å².